The van der Waals surface area contributed by atoms with Crippen molar-refractivity contribution in [3.05, 3.63) is 23.8 Å². The molecule has 2 heteroatoms. The van der Waals surface area contributed by atoms with Crippen molar-refractivity contribution in [1.82, 2.24) is 0 Å². The van der Waals surface area contributed by atoms with Crippen LogP contribution in [0.5, 0.6) is 11.5 Å². The number of methoxy groups -OCH3 is 2. The summed E-state index contributed by atoms with van der Waals surface area (Å²) in [4.78, 5) is 0. The van der Waals surface area contributed by atoms with Crippen molar-refractivity contribution in [2.24, 2.45) is 0 Å². The van der Waals surface area contributed by atoms with Gasteiger partial charge in [0, 0.05) is 5.56 Å². The fraction of sp³-hybridized carbons (Fsp3) is 0.600. The molecule has 1 fully saturated rings. The van der Waals surface area contributed by atoms with Crippen molar-refractivity contribution < 1.29 is 9.47 Å². The molecule has 0 aliphatic heterocycles. The SMILES string of the molecule is COc1cccc(OC)c1C1CCCCCC1. The van der Waals surface area contributed by atoms with Gasteiger partial charge in [-0.2, -0.15) is 0 Å². The summed E-state index contributed by atoms with van der Waals surface area (Å²) >= 11 is 0. The van der Waals surface area contributed by atoms with E-state index < -0.39 is 0 Å². The van der Waals surface area contributed by atoms with Gasteiger partial charge in [-0.05, 0) is 30.9 Å². The molecule has 1 aromatic rings. The van der Waals surface area contributed by atoms with Gasteiger partial charge in [-0.3, -0.25) is 0 Å². The van der Waals surface area contributed by atoms with Gasteiger partial charge in [-0.15, -0.1) is 0 Å². The van der Waals surface area contributed by atoms with Crippen LogP contribution in [0.3, 0.4) is 0 Å². The molecule has 0 atom stereocenters. The van der Waals surface area contributed by atoms with E-state index in [0.29, 0.717) is 5.92 Å². The lowest BCUT2D eigenvalue weighted by molar-refractivity contribution is 0.374. The van der Waals surface area contributed by atoms with E-state index in [2.05, 4.69) is 0 Å². The number of hydrogen-bond acceptors (Lipinski definition) is 2. The molecule has 0 amide bonds. The molecule has 17 heavy (non-hydrogen) atoms. The van der Waals surface area contributed by atoms with Crippen LogP contribution in [-0.4, -0.2) is 14.2 Å². The van der Waals surface area contributed by atoms with E-state index in [1.807, 2.05) is 18.2 Å². The third-order valence-electron chi connectivity index (χ3n) is 3.73. The van der Waals surface area contributed by atoms with Crippen LogP contribution in [0.25, 0.3) is 0 Å². The maximum absolute atomic E-state index is 5.50. The summed E-state index contributed by atoms with van der Waals surface area (Å²) in [5, 5.41) is 0. The van der Waals surface area contributed by atoms with E-state index in [9.17, 15) is 0 Å². The molecule has 0 unspecified atom stereocenters. The zero-order valence-corrected chi connectivity index (χ0v) is 10.9. The Morgan fingerprint density at radius 1 is 0.882 bits per heavy atom. The summed E-state index contributed by atoms with van der Waals surface area (Å²) in [5.41, 5.74) is 1.28. The Bertz CT molecular complexity index is 330. The maximum Gasteiger partial charge on any atom is 0.126 e. The van der Waals surface area contributed by atoms with Crippen molar-refractivity contribution in [2.75, 3.05) is 14.2 Å². The highest BCUT2D eigenvalue weighted by molar-refractivity contribution is 5.47. The zero-order valence-electron chi connectivity index (χ0n) is 10.9. The molecule has 0 spiro atoms. The average Bonchev–Trinajstić information content (AvgIpc) is 2.66. The Hall–Kier alpha value is -1.18. The van der Waals surface area contributed by atoms with E-state index in [1.165, 1.54) is 44.1 Å². The lowest BCUT2D eigenvalue weighted by Gasteiger charge is -2.20. The van der Waals surface area contributed by atoms with Gasteiger partial charge in [-0.25, -0.2) is 0 Å². The fourth-order valence-electron chi connectivity index (χ4n) is 2.85. The summed E-state index contributed by atoms with van der Waals surface area (Å²) < 4.78 is 11.0. The highest BCUT2D eigenvalue weighted by Gasteiger charge is 2.21. The Morgan fingerprint density at radius 2 is 1.41 bits per heavy atom. The van der Waals surface area contributed by atoms with Gasteiger partial charge in [0.25, 0.3) is 0 Å². The van der Waals surface area contributed by atoms with Crippen molar-refractivity contribution in [3.63, 3.8) is 0 Å². The molecule has 0 heterocycles. The predicted molar refractivity (Wildman–Crippen MR) is 70.0 cm³/mol. The maximum atomic E-state index is 5.50. The van der Waals surface area contributed by atoms with Crippen LogP contribution < -0.4 is 9.47 Å². The minimum absolute atomic E-state index is 0.601. The molecule has 2 rings (SSSR count). The van der Waals surface area contributed by atoms with E-state index in [-0.39, 0.29) is 0 Å². The van der Waals surface area contributed by atoms with Gasteiger partial charge in [0.15, 0.2) is 0 Å². The Kier molecular flexibility index (Phi) is 4.29. The first-order valence-electron chi connectivity index (χ1n) is 6.57. The molecule has 1 aliphatic carbocycles. The molecular weight excluding hydrogens is 212 g/mol. The Balaban J connectivity index is 2.33. The molecule has 0 aromatic heterocycles. The topological polar surface area (TPSA) is 18.5 Å². The van der Waals surface area contributed by atoms with Crippen LogP contribution in [-0.2, 0) is 0 Å². The second-order valence-corrected chi connectivity index (χ2v) is 4.76. The molecule has 94 valence electrons. The largest absolute Gasteiger partial charge is 0.496 e. The molecule has 0 N–H and O–H groups in total. The monoisotopic (exact) mass is 234 g/mol. The average molecular weight is 234 g/mol. The van der Waals surface area contributed by atoms with Crippen molar-refractivity contribution in [3.8, 4) is 11.5 Å². The van der Waals surface area contributed by atoms with E-state index in [1.54, 1.807) is 14.2 Å². The molecule has 1 saturated carbocycles. The highest BCUT2D eigenvalue weighted by Crippen LogP contribution is 2.41. The molecule has 1 aromatic carbocycles. The minimum Gasteiger partial charge on any atom is -0.496 e. The first-order valence-corrected chi connectivity index (χ1v) is 6.57. The van der Waals surface area contributed by atoms with Crippen LogP contribution in [0.2, 0.25) is 0 Å². The lowest BCUT2D eigenvalue weighted by atomic mass is 9.90. The highest BCUT2D eigenvalue weighted by atomic mass is 16.5. The Morgan fingerprint density at radius 3 is 1.88 bits per heavy atom. The molecule has 0 radical (unpaired) electrons. The standard InChI is InChI=1S/C15H22O2/c1-16-13-10-7-11-14(17-2)15(13)12-8-5-3-4-6-9-12/h7,10-12H,3-6,8-9H2,1-2H3. The molecular formula is C15H22O2. The van der Waals surface area contributed by atoms with Crippen molar-refractivity contribution >= 4 is 0 Å². The second-order valence-electron chi connectivity index (χ2n) is 4.76. The summed E-state index contributed by atoms with van der Waals surface area (Å²) in [6.45, 7) is 0. The molecule has 0 bridgehead atoms. The van der Waals surface area contributed by atoms with Crippen LogP contribution in [0, 0.1) is 0 Å². The normalized spacial score (nSPS) is 17.5. The van der Waals surface area contributed by atoms with Gasteiger partial charge >= 0.3 is 0 Å². The summed E-state index contributed by atoms with van der Waals surface area (Å²) in [7, 11) is 3.49. The van der Waals surface area contributed by atoms with Crippen LogP contribution in [0.15, 0.2) is 18.2 Å². The molecule has 2 nitrogen and oxygen atoms in total. The van der Waals surface area contributed by atoms with Crippen molar-refractivity contribution in [2.45, 2.75) is 44.4 Å². The molecule has 0 saturated heterocycles. The quantitative estimate of drug-likeness (QED) is 0.732. The van der Waals surface area contributed by atoms with Crippen LogP contribution in [0.4, 0.5) is 0 Å². The number of ether oxygens (including phenoxy) is 2. The molecule has 1 aliphatic rings. The first-order chi connectivity index (χ1) is 8.36. The summed E-state index contributed by atoms with van der Waals surface area (Å²) in [6, 6.07) is 6.09. The Labute approximate surface area is 104 Å². The smallest absolute Gasteiger partial charge is 0.126 e. The minimum atomic E-state index is 0.601. The zero-order chi connectivity index (χ0) is 12.1. The van der Waals surface area contributed by atoms with E-state index >= 15 is 0 Å². The lowest BCUT2D eigenvalue weighted by Crippen LogP contribution is -2.03. The third kappa shape index (κ3) is 2.74. The van der Waals surface area contributed by atoms with Gasteiger partial charge in [0.2, 0.25) is 0 Å². The van der Waals surface area contributed by atoms with Crippen LogP contribution in [0.1, 0.15) is 50.0 Å². The summed E-state index contributed by atoms with van der Waals surface area (Å²) in [6.07, 6.45) is 7.91. The van der Waals surface area contributed by atoms with Gasteiger partial charge in [0.05, 0.1) is 14.2 Å². The van der Waals surface area contributed by atoms with E-state index in [0.717, 1.165) is 11.5 Å². The predicted octanol–water partition coefficient (Wildman–Crippen LogP) is 4.14. The summed E-state index contributed by atoms with van der Waals surface area (Å²) in [5.74, 6) is 2.57. The second kappa shape index (κ2) is 5.95. The van der Waals surface area contributed by atoms with Gasteiger partial charge in [-0.1, -0.05) is 31.7 Å². The number of benzene rings is 1. The third-order valence-corrected chi connectivity index (χ3v) is 3.73. The van der Waals surface area contributed by atoms with Crippen molar-refractivity contribution in [1.29, 1.82) is 0 Å². The number of hydrogen-bond donors (Lipinski definition) is 0. The van der Waals surface area contributed by atoms with Crippen LogP contribution >= 0.6 is 0 Å². The van der Waals surface area contributed by atoms with E-state index in [4.69, 9.17) is 9.47 Å². The number of rotatable bonds is 3. The first kappa shape index (κ1) is 12.3. The van der Waals surface area contributed by atoms with Gasteiger partial charge in [0.1, 0.15) is 11.5 Å². The fourth-order valence-corrected chi connectivity index (χ4v) is 2.85. The van der Waals surface area contributed by atoms with Gasteiger partial charge < -0.3 is 9.47 Å².